The first-order valence-corrected chi connectivity index (χ1v) is 9.51. The minimum absolute atomic E-state index is 0.231. The Morgan fingerprint density at radius 1 is 0.808 bits per heavy atom. The second-order valence-electron chi connectivity index (χ2n) is 7.82. The number of benzene rings is 2. The van der Waals surface area contributed by atoms with Crippen LogP contribution in [0, 0.1) is 33.6 Å². The van der Waals surface area contributed by atoms with Crippen LogP contribution in [-0.2, 0) is 0 Å². The molecule has 0 aliphatic heterocycles. The molecule has 0 aromatic heterocycles. The van der Waals surface area contributed by atoms with Crippen LogP contribution in [0.2, 0.25) is 5.82 Å². The average Bonchev–Trinajstić information content (AvgIpc) is 2.53. The van der Waals surface area contributed by atoms with Crippen molar-refractivity contribution >= 4 is 26.1 Å². The highest BCUT2D eigenvalue weighted by Crippen LogP contribution is 2.15. The zero-order valence-electron chi connectivity index (χ0n) is 17.9. The van der Waals surface area contributed by atoms with Gasteiger partial charge in [0, 0.05) is 0 Å². The number of allylic oxidation sites excluding steroid dienone is 2. The van der Waals surface area contributed by atoms with Crippen molar-refractivity contribution in [3.05, 3.63) is 70.3 Å². The fourth-order valence-corrected chi connectivity index (χ4v) is 2.83. The molecule has 0 amide bonds. The van der Waals surface area contributed by atoms with Crippen LogP contribution in [0.1, 0.15) is 49.9 Å². The van der Waals surface area contributed by atoms with Crippen LogP contribution in [0.3, 0.4) is 0 Å². The van der Waals surface area contributed by atoms with Crippen molar-refractivity contribution in [1.82, 2.24) is 0 Å². The van der Waals surface area contributed by atoms with Crippen LogP contribution in [0.5, 0.6) is 0 Å². The lowest BCUT2D eigenvalue weighted by molar-refractivity contribution is 0.660. The monoisotopic (exact) mass is 343 g/mol. The van der Waals surface area contributed by atoms with E-state index in [4.69, 9.17) is 7.85 Å². The predicted octanol–water partition coefficient (Wildman–Crippen LogP) is 5.14. The minimum Gasteiger partial charge on any atom is -0.0912 e. The van der Waals surface area contributed by atoms with Gasteiger partial charge in [0.05, 0.1) is 7.85 Å². The molecule has 0 N–H and O–H groups in total. The zero-order valence-corrected chi connectivity index (χ0v) is 17.9. The molecule has 0 aliphatic rings. The van der Waals surface area contributed by atoms with Crippen LogP contribution in [-0.4, -0.2) is 15.1 Å². The third-order valence-electron chi connectivity index (χ3n) is 4.67. The standard InChI is InChI=1S/C16H18B.C8H15B/c1-11-7-5-8-12(2)15(11)17-16-13(3)9-6-10-14(16)4;1-6(2)5-8(9)7(3)4/h5-10H,1-4H3;5,7-8H,1-4H3/t;8-/m.1/s1. The van der Waals surface area contributed by atoms with Crippen LogP contribution in [0.25, 0.3) is 0 Å². The Hall–Kier alpha value is -1.69. The van der Waals surface area contributed by atoms with E-state index in [9.17, 15) is 0 Å². The third kappa shape index (κ3) is 6.90. The fraction of sp³-hybridized carbons (Fsp3) is 0.417. The number of aryl methyl sites for hydroxylation is 4. The summed E-state index contributed by atoms with van der Waals surface area (Å²) in [7, 11) is 8.06. The van der Waals surface area contributed by atoms with Crippen LogP contribution >= 0.6 is 0 Å². The van der Waals surface area contributed by atoms with E-state index in [2.05, 4.69) is 105 Å². The van der Waals surface area contributed by atoms with Gasteiger partial charge in [0.25, 0.3) is 0 Å². The van der Waals surface area contributed by atoms with Gasteiger partial charge in [-0.15, -0.1) is 0 Å². The van der Waals surface area contributed by atoms with Crippen LogP contribution in [0.15, 0.2) is 48.0 Å². The molecule has 0 saturated carbocycles. The van der Waals surface area contributed by atoms with Gasteiger partial charge in [0.1, 0.15) is 0 Å². The molecule has 2 aromatic rings. The highest BCUT2D eigenvalue weighted by molar-refractivity contribution is 6.69. The topological polar surface area (TPSA) is 0 Å². The Morgan fingerprint density at radius 2 is 1.15 bits per heavy atom. The minimum atomic E-state index is 0.231. The van der Waals surface area contributed by atoms with E-state index in [1.165, 1.54) is 38.8 Å². The summed E-state index contributed by atoms with van der Waals surface area (Å²) in [5, 5.41) is 0. The predicted molar refractivity (Wildman–Crippen MR) is 121 cm³/mol. The second-order valence-corrected chi connectivity index (χ2v) is 7.82. The first-order chi connectivity index (χ1) is 12.1. The van der Waals surface area contributed by atoms with Crippen molar-refractivity contribution in [2.75, 3.05) is 0 Å². The molecule has 2 aromatic carbocycles. The van der Waals surface area contributed by atoms with Crippen LogP contribution < -0.4 is 10.9 Å². The smallest absolute Gasteiger partial charge is 0.0912 e. The average molecular weight is 343 g/mol. The molecule has 0 bridgehead atoms. The molecule has 135 valence electrons. The SMILES string of the molecule is Cc1cccc(C)c1[B]c1c(C)cccc1C.[B][C@H](C=C(C)C)C(C)C. The van der Waals surface area contributed by atoms with Gasteiger partial charge < -0.3 is 0 Å². The van der Waals surface area contributed by atoms with Gasteiger partial charge in [-0.3, -0.25) is 0 Å². The van der Waals surface area contributed by atoms with Crippen molar-refractivity contribution in [2.45, 2.75) is 61.2 Å². The number of rotatable bonds is 4. The molecule has 3 radical (unpaired) electrons. The molecule has 0 heterocycles. The maximum absolute atomic E-state index is 5.74. The summed E-state index contributed by atoms with van der Waals surface area (Å²) in [4.78, 5) is 0. The summed E-state index contributed by atoms with van der Waals surface area (Å²) < 4.78 is 0. The van der Waals surface area contributed by atoms with Gasteiger partial charge in [0.15, 0.2) is 7.28 Å². The highest BCUT2D eigenvalue weighted by Gasteiger charge is 2.09. The number of hydrogen-bond donors (Lipinski definition) is 0. The Morgan fingerprint density at radius 3 is 1.38 bits per heavy atom. The molecule has 0 saturated heterocycles. The molecule has 26 heavy (non-hydrogen) atoms. The van der Waals surface area contributed by atoms with Gasteiger partial charge in [-0.05, 0) is 47.5 Å². The van der Waals surface area contributed by atoms with Crippen molar-refractivity contribution in [3.63, 3.8) is 0 Å². The fourth-order valence-electron chi connectivity index (χ4n) is 2.83. The Kier molecular flexibility index (Phi) is 8.99. The molecule has 2 rings (SSSR count). The summed E-state index contributed by atoms with van der Waals surface area (Å²) in [6, 6.07) is 12.9. The van der Waals surface area contributed by atoms with Gasteiger partial charge in [0.2, 0.25) is 0 Å². The summed E-state index contributed by atoms with van der Waals surface area (Å²) in [5.74, 6) is 0.787. The molecule has 0 aliphatic carbocycles. The molecule has 0 fully saturated rings. The second kappa shape index (κ2) is 10.5. The van der Waals surface area contributed by atoms with E-state index < -0.39 is 0 Å². The molecular weight excluding hydrogens is 310 g/mol. The quantitative estimate of drug-likeness (QED) is 0.533. The Balaban J connectivity index is 0.000000321. The molecular formula is C24H33B2. The highest BCUT2D eigenvalue weighted by atomic mass is 14.0. The summed E-state index contributed by atoms with van der Waals surface area (Å²) >= 11 is 0. The molecule has 0 spiro atoms. The lowest BCUT2D eigenvalue weighted by Crippen LogP contribution is -2.34. The van der Waals surface area contributed by atoms with E-state index in [1.54, 1.807) is 0 Å². The van der Waals surface area contributed by atoms with Crippen molar-refractivity contribution in [1.29, 1.82) is 0 Å². The van der Waals surface area contributed by atoms with E-state index in [0.29, 0.717) is 5.92 Å². The lowest BCUT2D eigenvalue weighted by atomic mass is 9.58. The molecule has 0 unspecified atom stereocenters. The van der Waals surface area contributed by atoms with Crippen molar-refractivity contribution in [2.24, 2.45) is 5.92 Å². The van der Waals surface area contributed by atoms with Gasteiger partial charge in [-0.2, -0.15) is 0 Å². The Bertz CT molecular complexity index is 648. The van der Waals surface area contributed by atoms with Crippen LogP contribution in [0.4, 0.5) is 0 Å². The molecule has 2 heteroatoms. The van der Waals surface area contributed by atoms with Gasteiger partial charge in [-0.1, -0.05) is 101 Å². The van der Waals surface area contributed by atoms with E-state index >= 15 is 0 Å². The first kappa shape index (κ1) is 22.4. The molecule has 0 nitrogen and oxygen atoms in total. The van der Waals surface area contributed by atoms with E-state index in [0.717, 1.165) is 0 Å². The maximum Gasteiger partial charge on any atom is 0.192 e. The van der Waals surface area contributed by atoms with Gasteiger partial charge in [-0.25, -0.2) is 0 Å². The first-order valence-electron chi connectivity index (χ1n) is 9.51. The summed E-state index contributed by atoms with van der Waals surface area (Å²) in [5.41, 5.74) is 9.37. The lowest BCUT2D eigenvalue weighted by Gasteiger charge is -2.13. The normalized spacial score (nSPS) is 11.4. The maximum atomic E-state index is 5.74. The van der Waals surface area contributed by atoms with Crippen molar-refractivity contribution < 1.29 is 0 Å². The van der Waals surface area contributed by atoms with E-state index in [1.807, 2.05) is 0 Å². The van der Waals surface area contributed by atoms with E-state index in [-0.39, 0.29) is 5.82 Å². The Labute approximate surface area is 163 Å². The third-order valence-corrected chi connectivity index (χ3v) is 4.67. The largest absolute Gasteiger partial charge is 0.192 e. The summed E-state index contributed by atoms with van der Waals surface area (Å²) in [6.07, 6.45) is 2.10. The number of hydrogen-bond acceptors (Lipinski definition) is 0. The summed E-state index contributed by atoms with van der Waals surface area (Å²) in [6.45, 7) is 17.1. The van der Waals surface area contributed by atoms with Gasteiger partial charge >= 0.3 is 0 Å². The molecule has 1 atom stereocenters. The van der Waals surface area contributed by atoms with Crippen molar-refractivity contribution in [3.8, 4) is 0 Å². The zero-order chi connectivity index (χ0) is 19.9.